The Balaban J connectivity index is 2.03. The molecule has 1 aliphatic carbocycles. The second-order valence-electron chi connectivity index (χ2n) is 4.79. The molecule has 1 saturated carbocycles. The predicted octanol–water partition coefficient (Wildman–Crippen LogP) is 1.80. The number of hydrogen-bond acceptors (Lipinski definition) is 6. The van der Waals surface area contributed by atoms with Crippen LogP contribution in [0.25, 0.3) is 0 Å². The van der Waals surface area contributed by atoms with Crippen molar-refractivity contribution in [1.29, 1.82) is 0 Å². The van der Waals surface area contributed by atoms with Gasteiger partial charge in [0, 0.05) is 11.7 Å². The van der Waals surface area contributed by atoms with Gasteiger partial charge >= 0.3 is 0 Å². The molecule has 0 amide bonds. The van der Waals surface area contributed by atoms with Gasteiger partial charge in [-0.15, -0.1) is 5.10 Å². The van der Waals surface area contributed by atoms with E-state index >= 15 is 0 Å². The van der Waals surface area contributed by atoms with Crippen LogP contribution in [0.15, 0.2) is 10.3 Å². The molecule has 1 aromatic rings. The Morgan fingerprint density at radius 2 is 2.32 bits per heavy atom. The van der Waals surface area contributed by atoms with Gasteiger partial charge in [0.15, 0.2) is 0 Å². The molecule has 0 bridgehead atoms. The average Bonchev–Trinajstić information content (AvgIpc) is 3.07. The van der Waals surface area contributed by atoms with Crippen molar-refractivity contribution in [2.75, 3.05) is 0 Å². The molecule has 0 aromatic carbocycles. The van der Waals surface area contributed by atoms with Gasteiger partial charge in [-0.3, -0.25) is 0 Å². The van der Waals surface area contributed by atoms with Crippen molar-refractivity contribution in [2.24, 2.45) is 10.9 Å². The summed E-state index contributed by atoms with van der Waals surface area (Å²) in [5, 5.41) is 24.7. The van der Waals surface area contributed by atoms with E-state index in [1.807, 2.05) is 4.68 Å². The van der Waals surface area contributed by atoms with E-state index in [0.29, 0.717) is 12.5 Å². The maximum absolute atomic E-state index is 8.64. The zero-order chi connectivity index (χ0) is 13.7. The molecule has 1 heterocycles. The van der Waals surface area contributed by atoms with Crippen LogP contribution in [0.3, 0.4) is 0 Å². The molecule has 7 nitrogen and oxygen atoms in total. The van der Waals surface area contributed by atoms with Crippen molar-refractivity contribution in [3.8, 4) is 0 Å². The molecule has 0 radical (unpaired) electrons. The Morgan fingerprint density at radius 3 is 2.95 bits per heavy atom. The molecule has 8 heteroatoms. The van der Waals surface area contributed by atoms with Gasteiger partial charge < -0.3 is 10.9 Å². The summed E-state index contributed by atoms with van der Waals surface area (Å²) in [5.74, 6) is 0.249. The fourth-order valence-electron chi connectivity index (χ4n) is 2.33. The normalized spacial score (nSPS) is 18.9. The van der Waals surface area contributed by atoms with E-state index in [-0.39, 0.29) is 11.1 Å². The summed E-state index contributed by atoms with van der Waals surface area (Å²) < 4.78 is 1.94. The Hall–Kier alpha value is -1.31. The summed E-state index contributed by atoms with van der Waals surface area (Å²) in [6.07, 6.45) is 6.24. The number of nitrogens with two attached hydrogens (primary N) is 1. The first-order chi connectivity index (χ1) is 9.24. The number of rotatable bonds is 6. The van der Waals surface area contributed by atoms with Crippen LogP contribution in [0.2, 0.25) is 0 Å². The third-order valence-corrected chi connectivity index (χ3v) is 4.74. The summed E-state index contributed by atoms with van der Waals surface area (Å²) in [7, 11) is 0. The largest absolute Gasteiger partial charge is 0.409 e. The van der Waals surface area contributed by atoms with E-state index in [0.717, 1.165) is 24.4 Å². The number of thioether (sulfide) groups is 1. The Morgan fingerprint density at radius 1 is 1.58 bits per heavy atom. The van der Waals surface area contributed by atoms with E-state index in [4.69, 9.17) is 10.9 Å². The van der Waals surface area contributed by atoms with E-state index in [1.54, 1.807) is 11.8 Å². The topological polar surface area (TPSA) is 102 Å². The van der Waals surface area contributed by atoms with Gasteiger partial charge in [-0.25, -0.2) is 4.68 Å². The molecular weight excluding hydrogens is 264 g/mol. The van der Waals surface area contributed by atoms with Crippen LogP contribution in [0.5, 0.6) is 0 Å². The lowest BCUT2D eigenvalue weighted by Gasteiger charge is -2.15. The summed E-state index contributed by atoms with van der Waals surface area (Å²) in [5.41, 5.74) is 5.57. The second-order valence-corrected chi connectivity index (χ2v) is 6.06. The van der Waals surface area contributed by atoms with Gasteiger partial charge in [-0.05, 0) is 29.7 Å². The van der Waals surface area contributed by atoms with E-state index in [2.05, 4.69) is 27.6 Å². The zero-order valence-electron chi connectivity index (χ0n) is 11.1. The van der Waals surface area contributed by atoms with Gasteiger partial charge in [-0.2, -0.15) is 0 Å². The number of oxime groups is 1. The zero-order valence-corrected chi connectivity index (χ0v) is 11.9. The standard InChI is InChI=1S/C11H20N6OS/c1-2-9(7-10(12)14-18)19-11-13-15-16-17(11)8-5-3-4-6-8/h8-9,18H,2-7H2,1H3,(H2,12,14). The van der Waals surface area contributed by atoms with Gasteiger partial charge in [0.2, 0.25) is 5.16 Å². The summed E-state index contributed by atoms with van der Waals surface area (Å²) >= 11 is 1.61. The minimum Gasteiger partial charge on any atom is -0.409 e. The molecule has 1 fully saturated rings. The van der Waals surface area contributed by atoms with Crippen molar-refractivity contribution in [1.82, 2.24) is 20.2 Å². The molecule has 1 aromatic heterocycles. The molecule has 106 valence electrons. The lowest BCUT2D eigenvalue weighted by molar-refractivity contribution is 0.316. The number of hydrogen-bond donors (Lipinski definition) is 2. The first-order valence-electron chi connectivity index (χ1n) is 6.65. The molecule has 1 atom stereocenters. The van der Waals surface area contributed by atoms with Crippen LogP contribution >= 0.6 is 11.8 Å². The SMILES string of the molecule is CCC(C/C(N)=N/O)Sc1nnnn1C1CCCC1. The average molecular weight is 284 g/mol. The van der Waals surface area contributed by atoms with Crippen molar-refractivity contribution < 1.29 is 5.21 Å². The molecule has 1 unspecified atom stereocenters. The lowest BCUT2D eigenvalue weighted by Crippen LogP contribution is -2.19. The molecule has 3 N–H and O–H groups in total. The smallest absolute Gasteiger partial charge is 0.209 e. The Kier molecular flexibility index (Phi) is 5.00. The highest BCUT2D eigenvalue weighted by molar-refractivity contribution is 7.99. The molecular formula is C11H20N6OS. The third-order valence-electron chi connectivity index (χ3n) is 3.43. The van der Waals surface area contributed by atoms with Crippen LogP contribution in [-0.4, -0.2) is 36.5 Å². The highest BCUT2D eigenvalue weighted by Crippen LogP contribution is 2.33. The molecule has 19 heavy (non-hydrogen) atoms. The highest BCUT2D eigenvalue weighted by atomic mass is 32.2. The van der Waals surface area contributed by atoms with Crippen LogP contribution < -0.4 is 5.73 Å². The highest BCUT2D eigenvalue weighted by Gasteiger charge is 2.23. The summed E-state index contributed by atoms with van der Waals surface area (Å²) in [6, 6.07) is 0.430. The molecule has 0 spiro atoms. The minimum absolute atomic E-state index is 0.224. The minimum atomic E-state index is 0.224. The monoisotopic (exact) mass is 284 g/mol. The van der Waals surface area contributed by atoms with Gasteiger partial charge in [-0.1, -0.05) is 36.7 Å². The van der Waals surface area contributed by atoms with E-state index < -0.39 is 0 Å². The van der Waals surface area contributed by atoms with Crippen molar-refractivity contribution >= 4 is 17.6 Å². The van der Waals surface area contributed by atoms with Gasteiger partial charge in [0.1, 0.15) is 5.84 Å². The third kappa shape index (κ3) is 3.59. The summed E-state index contributed by atoms with van der Waals surface area (Å²) in [4.78, 5) is 0. The number of nitrogens with zero attached hydrogens (tertiary/aromatic N) is 5. The molecule has 0 saturated heterocycles. The van der Waals surface area contributed by atoms with Crippen LogP contribution in [-0.2, 0) is 0 Å². The second kappa shape index (κ2) is 6.74. The molecule has 0 aliphatic heterocycles. The van der Waals surface area contributed by atoms with Gasteiger partial charge in [0.25, 0.3) is 0 Å². The van der Waals surface area contributed by atoms with Gasteiger partial charge in [0.05, 0.1) is 6.04 Å². The van der Waals surface area contributed by atoms with Crippen molar-refractivity contribution in [3.05, 3.63) is 0 Å². The number of tetrazole rings is 1. The number of amidine groups is 1. The maximum Gasteiger partial charge on any atom is 0.209 e. The lowest BCUT2D eigenvalue weighted by atomic mass is 10.2. The first kappa shape index (κ1) is 14.1. The molecule has 1 aliphatic rings. The number of aromatic nitrogens is 4. The quantitative estimate of drug-likeness (QED) is 0.271. The van der Waals surface area contributed by atoms with Crippen LogP contribution in [0.4, 0.5) is 0 Å². The predicted molar refractivity (Wildman–Crippen MR) is 73.3 cm³/mol. The van der Waals surface area contributed by atoms with Crippen molar-refractivity contribution in [2.45, 2.75) is 61.9 Å². The van der Waals surface area contributed by atoms with E-state index in [9.17, 15) is 0 Å². The van der Waals surface area contributed by atoms with E-state index in [1.165, 1.54) is 12.8 Å². The summed E-state index contributed by atoms with van der Waals surface area (Å²) in [6.45, 7) is 2.08. The van der Waals surface area contributed by atoms with Crippen molar-refractivity contribution in [3.63, 3.8) is 0 Å². The fourth-order valence-corrected chi connectivity index (χ4v) is 3.43. The van der Waals surface area contributed by atoms with Crippen LogP contribution in [0, 0.1) is 0 Å². The first-order valence-corrected chi connectivity index (χ1v) is 7.53. The van der Waals surface area contributed by atoms with Crippen LogP contribution in [0.1, 0.15) is 51.5 Å². The fraction of sp³-hybridized carbons (Fsp3) is 0.818. The Labute approximate surface area is 116 Å². The maximum atomic E-state index is 8.64. The Bertz CT molecular complexity index is 429. The molecule has 2 rings (SSSR count).